The van der Waals surface area contributed by atoms with E-state index in [-0.39, 0.29) is 17.7 Å². The average molecular weight is 483 g/mol. The van der Waals surface area contributed by atoms with E-state index in [0.29, 0.717) is 25.3 Å². The van der Waals surface area contributed by atoms with Crippen molar-refractivity contribution in [2.45, 2.75) is 57.2 Å². The first-order valence-corrected chi connectivity index (χ1v) is 10.9. The molecule has 2 atom stereocenters. The Morgan fingerprint density at radius 3 is 2.38 bits per heavy atom. The van der Waals surface area contributed by atoms with Gasteiger partial charge in [0, 0.05) is 24.6 Å². The van der Waals surface area contributed by atoms with E-state index in [1.54, 1.807) is 0 Å². The maximum Gasteiger partial charge on any atom is 0.418 e. The van der Waals surface area contributed by atoms with Crippen LogP contribution in [-0.2, 0) is 25.3 Å². The van der Waals surface area contributed by atoms with Crippen LogP contribution in [-0.4, -0.2) is 34.9 Å². The van der Waals surface area contributed by atoms with Gasteiger partial charge in [-0.05, 0) is 56.4 Å². The van der Waals surface area contributed by atoms with Crippen molar-refractivity contribution in [1.82, 2.24) is 5.32 Å². The van der Waals surface area contributed by atoms with Crippen molar-refractivity contribution in [3.63, 3.8) is 0 Å². The summed E-state index contributed by atoms with van der Waals surface area (Å²) in [6.45, 7) is 0.638. The van der Waals surface area contributed by atoms with Gasteiger partial charge < -0.3 is 15.4 Å². The van der Waals surface area contributed by atoms with Crippen LogP contribution < -0.4 is 10.6 Å². The maximum atomic E-state index is 13.3. The number of alkyl halides is 3. The van der Waals surface area contributed by atoms with Crippen LogP contribution in [0.4, 0.5) is 24.5 Å². The predicted molar refractivity (Wildman–Crippen MR) is 111 cm³/mol. The van der Waals surface area contributed by atoms with Crippen LogP contribution in [0.3, 0.4) is 0 Å². The molecule has 4 bridgehead atoms. The largest absolute Gasteiger partial charge is 0.455 e. The lowest BCUT2D eigenvalue weighted by atomic mass is 9.47. The van der Waals surface area contributed by atoms with Crippen LogP contribution in [0.1, 0.15) is 51.0 Å². The molecule has 2 amide bonds. The highest BCUT2D eigenvalue weighted by molar-refractivity contribution is 5.94. The van der Waals surface area contributed by atoms with E-state index < -0.39 is 57.5 Å². The summed E-state index contributed by atoms with van der Waals surface area (Å²) in [5.74, 6) is -1.25. The fourth-order valence-electron chi connectivity index (χ4n) is 6.48. The number of anilines is 1. The van der Waals surface area contributed by atoms with Crippen molar-refractivity contribution < 1.29 is 37.2 Å². The second-order valence-corrected chi connectivity index (χ2v) is 9.81. The van der Waals surface area contributed by atoms with Crippen molar-refractivity contribution in [3.05, 3.63) is 33.9 Å². The van der Waals surface area contributed by atoms with Gasteiger partial charge in [0.2, 0.25) is 5.91 Å². The van der Waals surface area contributed by atoms with E-state index in [9.17, 15) is 37.7 Å². The highest BCUT2D eigenvalue weighted by Crippen LogP contribution is 2.62. The molecule has 4 aliphatic rings. The van der Waals surface area contributed by atoms with Crippen molar-refractivity contribution in [1.29, 1.82) is 0 Å². The zero-order valence-corrected chi connectivity index (χ0v) is 18.4. The second-order valence-electron chi connectivity index (χ2n) is 9.81. The number of halogens is 3. The van der Waals surface area contributed by atoms with Gasteiger partial charge in [-0.25, -0.2) is 0 Å². The van der Waals surface area contributed by atoms with Gasteiger partial charge in [-0.2, -0.15) is 13.2 Å². The number of benzene rings is 1. The highest BCUT2D eigenvalue weighted by Gasteiger charge is 2.61. The first kappa shape index (κ1) is 24.0. The number of nitrogens with zero attached hydrogens (tertiary/aromatic N) is 1. The Morgan fingerprint density at radius 1 is 1.18 bits per heavy atom. The van der Waals surface area contributed by atoms with Gasteiger partial charge in [0.05, 0.1) is 21.6 Å². The first-order chi connectivity index (χ1) is 15.8. The molecule has 0 aliphatic heterocycles. The topological polar surface area (TPSA) is 128 Å². The molecule has 4 aliphatic carbocycles. The fourth-order valence-corrected chi connectivity index (χ4v) is 6.48. The molecule has 5 rings (SSSR count). The quantitative estimate of drug-likeness (QED) is 0.362. The summed E-state index contributed by atoms with van der Waals surface area (Å²) < 4.78 is 45.2. The number of nitrogens with one attached hydrogen (secondary N) is 2. The van der Waals surface area contributed by atoms with Gasteiger partial charge in [0.1, 0.15) is 0 Å². The Hall–Kier alpha value is -3.18. The molecule has 2 N–H and O–H groups in total. The molecule has 184 valence electrons. The molecular formula is C22H24F3N3O6. The molecule has 1 aromatic rings. The fraction of sp³-hybridized carbons (Fsp3) is 0.591. The normalized spacial score (nSPS) is 29.4. The van der Waals surface area contributed by atoms with Crippen LogP contribution >= 0.6 is 0 Å². The minimum absolute atomic E-state index is 0.173. The summed E-state index contributed by atoms with van der Waals surface area (Å²) in [7, 11) is 0. The Balaban J connectivity index is 1.44. The molecule has 34 heavy (non-hydrogen) atoms. The lowest BCUT2D eigenvalue weighted by molar-refractivity contribution is -0.385. The standard InChI is InChI=1S/C22H24F3N3O6/c1-12(29)27-21-8-13-4-14(9-21)7-20(6-13,11-21)19(31)34-10-18(30)26-17-3-2-15(28(32)33)5-16(17)22(23,24)25/h2-3,5,13-14H,4,6-11H2,1H3,(H,26,30)(H,27,29). The predicted octanol–water partition coefficient (Wildman–Crippen LogP) is 3.57. The number of amides is 2. The number of esters is 1. The van der Waals surface area contributed by atoms with E-state index in [0.717, 1.165) is 31.4 Å². The monoisotopic (exact) mass is 483 g/mol. The Bertz CT molecular complexity index is 1040. The molecule has 9 nitrogen and oxygen atoms in total. The van der Waals surface area contributed by atoms with Gasteiger partial charge in [0.15, 0.2) is 6.61 Å². The van der Waals surface area contributed by atoms with E-state index in [1.165, 1.54) is 6.92 Å². The molecule has 0 aromatic heterocycles. The van der Waals surface area contributed by atoms with Crippen LogP contribution in [0.5, 0.6) is 0 Å². The lowest BCUT2D eigenvalue weighted by Gasteiger charge is -2.60. The van der Waals surface area contributed by atoms with Gasteiger partial charge >= 0.3 is 12.1 Å². The molecule has 4 fully saturated rings. The van der Waals surface area contributed by atoms with Crippen LogP contribution in [0.25, 0.3) is 0 Å². The zero-order valence-electron chi connectivity index (χ0n) is 18.4. The molecule has 0 heterocycles. The molecule has 4 saturated carbocycles. The SMILES string of the molecule is CC(=O)NC12CC3CC(C1)CC(C(=O)OCC(=O)Nc1ccc([N+](=O)[O-])cc1C(F)(F)F)(C3)C2. The smallest absolute Gasteiger partial charge is 0.418 e. The Morgan fingerprint density at radius 2 is 1.82 bits per heavy atom. The molecule has 0 radical (unpaired) electrons. The Labute approximate surface area is 192 Å². The molecule has 0 spiro atoms. The zero-order chi connectivity index (χ0) is 24.9. The van der Waals surface area contributed by atoms with Crippen LogP contribution in [0, 0.1) is 27.4 Å². The summed E-state index contributed by atoms with van der Waals surface area (Å²) in [6, 6.07) is 1.96. The van der Waals surface area contributed by atoms with Gasteiger partial charge in [-0.1, -0.05) is 0 Å². The van der Waals surface area contributed by atoms with Gasteiger partial charge in [-0.3, -0.25) is 24.5 Å². The minimum Gasteiger partial charge on any atom is -0.455 e. The van der Waals surface area contributed by atoms with Crippen molar-refractivity contribution in [3.8, 4) is 0 Å². The third-order valence-corrected chi connectivity index (χ3v) is 7.06. The molecule has 12 heteroatoms. The van der Waals surface area contributed by atoms with Gasteiger partial charge in [-0.15, -0.1) is 0 Å². The number of carbonyl (C=O) groups excluding carboxylic acids is 3. The molecular weight excluding hydrogens is 459 g/mol. The minimum atomic E-state index is -4.94. The number of hydrogen-bond donors (Lipinski definition) is 2. The number of nitro benzene ring substituents is 1. The van der Waals surface area contributed by atoms with Crippen molar-refractivity contribution in [2.75, 3.05) is 11.9 Å². The van der Waals surface area contributed by atoms with E-state index >= 15 is 0 Å². The number of rotatable bonds is 6. The summed E-state index contributed by atoms with van der Waals surface area (Å²) in [4.78, 5) is 46.9. The number of carbonyl (C=O) groups is 3. The summed E-state index contributed by atoms with van der Waals surface area (Å²) in [5.41, 5.74) is -4.13. The summed E-state index contributed by atoms with van der Waals surface area (Å²) >= 11 is 0. The number of hydrogen-bond acceptors (Lipinski definition) is 6. The molecule has 2 unspecified atom stereocenters. The third kappa shape index (κ3) is 4.58. The van der Waals surface area contributed by atoms with E-state index in [2.05, 4.69) is 5.32 Å². The lowest BCUT2D eigenvalue weighted by Crippen LogP contribution is -2.64. The highest BCUT2D eigenvalue weighted by atomic mass is 19.4. The number of non-ortho nitro benzene ring substituents is 1. The Kier molecular flexibility index (Phi) is 5.81. The third-order valence-electron chi connectivity index (χ3n) is 7.06. The van der Waals surface area contributed by atoms with Gasteiger partial charge in [0.25, 0.3) is 11.6 Å². The van der Waals surface area contributed by atoms with Crippen LogP contribution in [0.15, 0.2) is 18.2 Å². The second kappa shape index (κ2) is 8.24. The number of ether oxygens (including phenoxy) is 1. The van der Waals surface area contributed by atoms with Crippen LogP contribution in [0.2, 0.25) is 0 Å². The average Bonchev–Trinajstić information content (AvgIpc) is 2.69. The first-order valence-electron chi connectivity index (χ1n) is 10.9. The molecule has 1 aromatic carbocycles. The summed E-state index contributed by atoms with van der Waals surface area (Å²) in [5, 5.41) is 15.9. The van der Waals surface area contributed by atoms with E-state index in [4.69, 9.17) is 4.74 Å². The van der Waals surface area contributed by atoms with E-state index in [1.807, 2.05) is 5.32 Å². The molecule has 0 saturated heterocycles. The summed E-state index contributed by atoms with van der Waals surface area (Å²) in [6.07, 6.45) is -0.803. The van der Waals surface area contributed by atoms with Crippen molar-refractivity contribution in [2.24, 2.45) is 17.3 Å². The van der Waals surface area contributed by atoms with Crippen molar-refractivity contribution >= 4 is 29.2 Å². The number of nitro groups is 1. The maximum absolute atomic E-state index is 13.3.